The summed E-state index contributed by atoms with van der Waals surface area (Å²) in [6.07, 6.45) is 1.62. The summed E-state index contributed by atoms with van der Waals surface area (Å²) in [5.41, 5.74) is 1.13. The van der Waals surface area contributed by atoms with Gasteiger partial charge >= 0.3 is 0 Å². The number of likely N-dealkylation sites (N-methyl/N-ethyl adjacent to an activating group) is 1. The Morgan fingerprint density at radius 2 is 1.88 bits per heavy atom. The van der Waals surface area contributed by atoms with E-state index in [2.05, 4.69) is 17.4 Å². The first kappa shape index (κ1) is 11.9. The summed E-state index contributed by atoms with van der Waals surface area (Å²) in [4.78, 5) is 0. The van der Waals surface area contributed by atoms with Gasteiger partial charge < -0.3 is 14.5 Å². The maximum Gasteiger partial charge on any atom is 0.123 e. The lowest BCUT2D eigenvalue weighted by molar-refractivity contribution is 0.0629. The molecule has 17 heavy (non-hydrogen) atoms. The number of ether oxygens (including phenoxy) is 1. The molecule has 1 heterocycles. The molecule has 0 aliphatic carbocycles. The molecule has 2 aromatic rings. The highest BCUT2D eigenvalue weighted by atomic mass is 16.5. The predicted molar refractivity (Wildman–Crippen MR) is 66.7 cm³/mol. The van der Waals surface area contributed by atoms with Gasteiger partial charge in [-0.1, -0.05) is 30.3 Å². The molecule has 0 radical (unpaired) electrons. The van der Waals surface area contributed by atoms with Crippen LogP contribution in [0.4, 0.5) is 0 Å². The van der Waals surface area contributed by atoms with Crippen molar-refractivity contribution in [1.29, 1.82) is 0 Å². The molecule has 0 spiro atoms. The molecule has 2 rings (SSSR count). The Labute approximate surface area is 101 Å². The molecule has 0 amide bonds. The first-order valence-electron chi connectivity index (χ1n) is 5.65. The van der Waals surface area contributed by atoms with E-state index in [1.54, 1.807) is 13.4 Å². The molecule has 3 heteroatoms. The summed E-state index contributed by atoms with van der Waals surface area (Å²) in [7, 11) is 3.62. The van der Waals surface area contributed by atoms with Crippen LogP contribution >= 0.6 is 0 Å². The fraction of sp³-hybridized carbons (Fsp3) is 0.286. The third kappa shape index (κ3) is 2.57. The van der Waals surface area contributed by atoms with E-state index in [1.165, 1.54) is 0 Å². The fourth-order valence-corrected chi connectivity index (χ4v) is 2.02. The standard InChI is InChI=1S/C14H17NO2/c1-15-13(12-9-6-10-17-12)14(16-2)11-7-4-3-5-8-11/h3-10,13-15H,1-2H3. The quantitative estimate of drug-likeness (QED) is 0.859. The van der Waals surface area contributed by atoms with E-state index in [4.69, 9.17) is 9.15 Å². The Morgan fingerprint density at radius 1 is 1.12 bits per heavy atom. The van der Waals surface area contributed by atoms with E-state index in [0.717, 1.165) is 11.3 Å². The second kappa shape index (κ2) is 5.66. The Balaban J connectivity index is 2.28. The van der Waals surface area contributed by atoms with E-state index >= 15 is 0 Å². The highest BCUT2D eigenvalue weighted by molar-refractivity contribution is 5.22. The number of hydrogen-bond donors (Lipinski definition) is 1. The van der Waals surface area contributed by atoms with Crippen molar-refractivity contribution in [2.75, 3.05) is 14.2 Å². The average molecular weight is 231 g/mol. The fourth-order valence-electron chi connectivity index (χ4n) is 2.02. The molecular weight excluding hydrogens is 214 g/mol. The second-order valence-electron chi connectivity index (χ2n) is 3.85. The summed E-state index contributed by atoms with van der Waals surface area (Å²) >= 11 is 0. The van der Waals surface area contributed by atoms with Gasteiger partial charge in [0, 0.05) is 7.11 Å². The topological polar surface area (TPSA) is 34.4 Å². The van der Waals surface area contributed by atoms with Crippen LogP contribution in [0.2, 0.25) is 0 Å². The molecular formula is C14H17NO2. The number of furan rings is 1. The van der Waals surface area contributed by atoms with Crippen LogP contribution in [0.5, 0.6) is 0 Å². The molecule has 0 aliphatic heterocycles. The van der Waals surface area contributed by atoms with Gasteiger partial charge in [0.15, 0.2) is 0 Å². The molecule has 2 unspecified atom stereocenters. The van der Waals surface area contributed by atoms with Gasteiger partial charge in [-0.3, -0.25) is 0 Å². The Hall–Kier alpha value is -1.58. The molecule has 90 valence electrons. The second-order valence-corrected chi connectivity index (χ2v) is 3.85. The van der Waals surface area contributed by atoms with Crippen LogP contribution in [0.3, 0.4) is 0 Å². The molecule has 3 nitrogen and oxygen atoms in total. The van der Waals surface area contributed by atoms with Crippen LogP contribution in [-0.2, 0) is 4.74 Å². The number of hydrogen-bond acceptors (Lipinski definition) is 3. The van der Waals surface area contributed by atoms with Crippen LogP contribution in [0, 0.1) is 0 Å². The number of methoxy groups -OCH3 is 1. The normalized spacial score (nSPS) is 14.5. The first-order valence-corrected chi connectivity index (χ1v) is 5.65. The lowest BCUT2D eigenvalue weighted by Gasteiger charge is -2.24. The van der Waals surface area contributed by atoms with Gasteiger partial charge in [0.2, 0.25) is 0 Å². The van der Waals surface area contributed by atoms with Gasteiger partial charge in [-0.15, -0.1) is 0 Å². The van der Waals surface area contributed by atoms with Crippen LogP contribution in [0.15, 0.2) is 53.1 Å². The van der Waals surface area contributed by atoms with E-state index in [9.17, 15) is 0 Å². The summed E-state index contributed by atoms with van der Waals surface area (Å²) in [5, 5.41) is 3.24. The van der Waals surface area contributed by atoms with E-state index in [1.807, 2.05) is 37.4 Å². The largest absolute Gasteiger partial charge is 0.468 e. The van der Waals surface area contributed by atoms with Gasteiger partial charge in [-0.25, -0.2) is 0 Å². The average Bonchev–Trinajstić information content (AvgIpc) is 2.90. The molecule has 0 aliphatic rings. The van der Waals surface area contributed by atoms with Gasteiger partial charge in [-0.2, -0.15) is 0 Å². The van der Waals surface area contributed by atoms with Crippen LogP contribution in [0.1, 0.15) is 23.5 Å². The number of benzene rings is 1. The van der Waals surface area contributed by atoms with E-state index in [-0.39, 0.29) is 12.1 Å². The summed E-state index contributed by atoms with van der Waals surface area (Å²) in [6.45, 7) is 0. The summed E-state index contributed by atoms with van der Waals surface area (Å²) in [5.74, 6) is 0.878. The van der Waals surface area contributed by atoms with Gasteiger partial charge in [-0.05, 0) is 24.7 Å². The Bertz CT molecular complexity index is 425. The zero-order chi connectivity index (χ0) is 12.1. The summed E-state index contributed by atoms with van der Waals surface area (Å²) in [6, 6.07) is 14.0. The molecule has 0 saturated heterocycles. The van der Waals surface area contributed by atoms with Crippen LogP contribution in [0.25, 0.3) is 0 Å². The van der Waals surface area contributed by atoms with Crippen molar-refractivity contribution < 1.29 is 9.15 Å². The highest BCUT2D eigenvalue weighted by Gasteiger charge is 2.25. The maximum absolute atomic E-state index is 5.59. The van der Waals surface area contributed by atoms with Crippen LogP contribution in [-0.4, -0.2) is 14.2 Å². The van der Waals surface area contributed by atoms with Gasteiger partial charge in [0.25, 0.3) is 0 Å². The molecule has 0 bridgehead atoms. The monoisotopic (exact) mass is 231 g/mol. The smallest absolute Gasteiger partial charge is 0.123 e. The Kier molecular flexibility index (Phi) is 3.96. The van der Waals surface area contributed by atoms with Crippen molar-refractivity contribution in [3.63, 3.8) is 0 Å². The Morgan fingerprint density at radius 3 is 2.41 bits per heavy atom. The minimum atomic E-state index is -0.0626. The van der Waals surface area contributed by atoms with Gasteiger partial charge in [0.1, 0.15) is 11.9 Å². The minimum absolute atomic E-state index is 0.0115. The molecule has 0 fully saturated rings. The lowest BCUT2D eigenvalue weighted by Crippen LogP contribution is -2.24. The SMILES string of the molecule is CNC(c1ccco1)C(OC)c1ccccc1. The molecule has 0 saturated carbocycles. The molecule has 1 N–H and O–H groups in total. The van der Waals surface area contributed by atoms with Crippen molar-refractivity contribution in [1.82, 2.24) is 5.32 Å². The van der Waals surface area contributed by atoms with Crippen molar-refractivity contribution in [3.8, 4) is 0 Å². The highest BCUT2D eigenvalue weighted by Crippen LogP contribution is 2.31. The third-order valence-electron chi connectivity index (χ3n) is 2.85. The van der Waals surface area contributed by atoms with Crippen molar-refractivity contribution in [2.45, 2.75) is 12.1 Å². The zero-order valence-corrected chi connectivity index (χ0v) is 10.1. The minimum Gasteiger partial charge on any atom is -0.468 e. The third-order valence-corrected chi connectivity index (χ3v) is 2.85. The zero-order valence-electron chi connectivity index (χ0n) is 10.1. The summed E-state index contributed by atoms with van der Waals surface area (Å²) < 4.78 is 11.0. The number of rotatable bonds is 5. The predicted octanol–water partition coefficient (Wildman–Crippen LogP) is 2.93. The number of nitrogens with one attached hydrogen (secondary N) is 1. The van der Waals surface area contributed by atoms with E-state index < -0.39 is 0 Å². The van der Waals surface area contributed by atoms with Crippen molar-refractivity contribution in [3.05, 3.63) is 60.1 Å². The van der Waals surface area contributed by atoms with Gasteiger partial charge in [0.05, 0.1) is 12.3 Å². The molecule has 1 aromatic carbocycles. The molecule has 1 aromatic heterocycles. The lowest BCUT2D eigenvalue weighted by atomic mass is 10.0. The van der Waals surface area contributed by atoms with Crippen molar-refractivity contribution >= 4 is 0 Å². The van der Waals surface area contributed by atoms with Crippen LogP contribution < -0.4 is 5.32 Å². The van der Waals surface area contributed by atoms with Crippen molar-refractivity contribution in [2.24, 2.45) is 0 Å². The molecule has 2 atom stereocenters. The first-order chi connectivity index (χ1) is 8.36. The van der Waals surface area contributed by atoms with E-state index in [0.29, 0.717) is 0 Å². The maximum atomic E-state index is 5.59.